The Morgan fingerprint density at radius 2 is 1.60 bits per heavy atom. The number of carbonyl (C=O) groups is 2. The molecule has 2 fully saturated rings. The minimum Gasteiger partial charge on any atom is -0.378 e. The molecular formula is C30H32N6O3S. The summed E-state index contributed by atoms with van der Waals surface area (Å²) in [7, 11) is 0. The van der Waals surface area contributed by atoms with Crippen LogP contribution in [-0.4, -0.2) is 79.0 Å². The summed E-state index contributed by atoms with van der Waals surface area (Å²) in [5.74, 6) is 1.59. The molecule has 0 bridgehead atoms. The summed E-state index contributed by atoms with van der Waals surface area (Å²) in [4.78, 5) is 40.7. The van der Waals surface area contributed by atoms with Crippen LogP contribution >= 0.6 is 11.3 Å². The minimum atomic E-state index is 0.0265. The van der Waals surface area contributed by atoms with Crippen molar-refractivity contribution in [3.05, 3.63) is 71.1 Å². The number of ketones is 1. The van der Waals surface area contributed by atoms with Crippen LogP contribution in [0.2, 0.25) is 0 Å². The molecule has 1 amide bonds. The highest BCUT2D eigenvalue weighted by molar-refractivity contribution is 7.17. The van der Waals surface area contributed by atoms with E-state index in [9.17, 15) is 9.59 Å². The first-order valence-corrected chi connectivity index (χ1v) is 14.5. The number of morpholine rings is 1. The van der Waals surface area contributed by atoms with E-state index >= 15 is 0 Å². The van der Waals surface area contributed by atoms with E-state index in [0.717, 1.165) is 53.6 Å². The number of Topliss-reactive ketones (excluding diaryl/α,β-unsaturated/α-hetero) is 1. The molecule has 2 aromatic carbocycles. The van der Waals surface area contributed by atoms with Crippen molar-refractivity contribution in [1.82, 2.24) is 14.9 Å². The van der Waals surface area contributed by atoms with Crippen LogP contribution in [-0.2, 0) is 16.0 Å². The lowest BCUT2D eigenvalue weighted by atomic mass is 10.1. The Bertz CT molecular complexity index is 1490. The number of fused-ring (bicyclic) bond motifs is 1. The number of carbonyl (C=O) groups excluding carboxylic acids is 2. The van der Waals surface area contributed by atoms with E-state index in [1.165, 1.54) is 5.69 Å². The zero-order valence-corrected chi connectivity index (χ0v) is 23.3. The molecule has 2 aliphatic heterocycles. The van der Waals surface area contributed by atoms with Gasteiger partial charge in [0, 0.05) is 56.2 Å². The van der Waals surface area contributed by atoms with E-state index in [-0.39, 0.29) is 11.7 Å². The highest BCUT2D eigenvalue weighted by atomic mass is 32.1. The molecule has 0 radical (unpaired) electrons. The van der Waals surface area contributed by atoms with Crippen molar-refractivity contribution in [2.24, 2.45) is 0 Å². The van der Waals surface area contributed by atoms with E-state index in [4.69, 9.17) is 14.7 Å². The summed E-state index contributed by atoms with van der Waals surface area (Å²) < 4.78 is 6.52. The Morgan fingerprint density at radius 3 is 2.30 bits per heavy atom. The van der Waals surface area contributed by atoms with E-state index in [2.05, 4.69) is 39.4 Å². The van der Waals surface area contributed by atoms with Crippen molar-refractivity contribution in [3.63, 3.8) is 0 Å². The van der Waals surface area contributed by atoms with Gasteiger partial charge in [0.25, 0.3) is 0 Å². The third kappa shape index (κ3) is 5.78. The number of amides is 1. The maximum absolute atomic E-state index is 13.0. The maximum atomic E-state index is 13.0. The van der Waals surface area contributed by atoms with Gasteiger partial charge in [0.2, 0.25) is 11.9 Å². The molecule has 2 saturated heterocycles. The van der Waals surface area contributed by atoms with Gasteiger partial charge >= 0.3 is 0 Å². The summed E-state index contributed by atoms with van der Waals surface area (Å²) in [6.07, 6.45) is 0.333. The van der Waals surface area contributed by atoms with Gasteiger partial charge in [-0.1, -0.05) is 24.3 Å². The predicted molar refractivity (Wildman–Crippen MR) is 159 cm³/mol. The van der Waals surface area contributed by atoms with Gasteiger partial charge in [-0.15, -0.1) is 11.3 Å². The zero-order valence-electron chi connectivity index (χ0n) is 22.5. The van der Waals surface area contributed by atoms with Crippen molar-refractivity contribution in [3.8, 4) is 0 Å². The van der Waals surface area contributed by atoms with Crippen LogP contribution in [0.5, 0.6) is 0 Å². The van der Waals surface area contributed by atoms with Gasteiger partial charge < -0.3 is 24.8 Å². The number of nitrogens with one attached hydrogen (secondary N) is 1. The second-order valence-electron chi connectivity index (χ2n) is 10.1. The predicted octanol–water partition coefficient (Wildman–Crippen LogP) is 4.37. The quantitative estimate of drug-likeness (QED) is 0.336. The summed E-state index contributed by atoms with van der Waals surface area (Å²) in [6, 6.07) is 17.7. The first-order chi connectivity index (χ1) is 19.5. The molecule has 2 aliphatic rings. The van der Waals surface area contributed by atoms with Gasteiger partial charge in [0.05, 0.1) is 29.9 Å². The lowest BCUT2D eigenvalue weighted by molar-refractivity contribution is -0.130. The van der Waals surface area contributed by atoms with E-state index in [0.29, 0.717) is 44.1 Å². The number of benzene rings is 2. The highest BCUT2D eigenvalue weighted by Crippen LogP contribution is 2.32. The van der Waals surface area contributed by atoms with E-state index in [1.54, 1.807) is 30.4 Å². The Kier molecular flexibility index (Phi) is 7.61. The smallest absolute Gasteiger partial charge is 0.229 e. The van der Waals surface area contributed by atoms with Gasteiger partial charge in [0.15, 0.2) is 11.6 Å². The van der Waals surface area contributed by atoms with Crippen molar-refractivity contribution in [2.45, 2.75) is 13.3 Å². The fourth-order valence-corrected chi connectivity index (χ4v) is 5.98. The topological polar surface area (TPSA) is 90.9 Å². The van der Waals surface area contributed by atoms with Crippen molar-refractivity contribution in [2.75, 3.05) is 67.6 Å². The molecule has 0 aliphatic carbocycles. The molecule has 0 atom stereocenters. The maximum Gasteiger partial charge on any atom is 0.229 e. The molecule has 4 aromatic rings. The Balaban J connectivity index is 1.11. The molecule has 206 valence electrons. The van der Waals surface area contributed by atoms with E-state index < -0.39 is 0 Å². The number of piperazine rings is 1. The molecule has 9 nitrogen and oxygen atoms in total. The lowest BCUT2D eigenvalue weighted by Crippen LogP contribution is -2.49. The van der Waals surface area contributed by atoms with Crippen molar-refractivity contribution in [1.29, 1.82) is 0 Å². The van der Waals surface area contributed by atoms with Gasteiger partial charge in [0.1, 0.15) is 0 Å². The van der Waals surface area contributed by atoms with Crippen LogP contribution in [0.4, 0.5) is 23.1 Å². The highest BCUT2D eigenvalue weighted by Gasteiger charge is 2.24. The normalized spacial score (nSPS) is 15.9. The summed E-state index contributed by atoms with van der Waals surface area (Å²) in [5.41, 5.74) is 4.61. The second-order valence-corrected chi connectivity index (χ2v) is 11.0. The lowest BCUT2D eigenvalue weighted by Gasteiger charge is -2.35. The van der Waals surface area contributed by atoms with E-state index in [1.807, 2.05) is 28.5 Å². The van der Waals surface area contributed by atoms with Crippen molar-refractivity contribution < 1.29 is 14.3 Å². The zero-order chi connectivity index (χ0) is 27.5. The summed E-state index contributed by atoms with van der Waals surface area (Å²) in [6.45, 7) is 7.54. The van der Waals surface area contributed by atoms with Crippen LogP contribution < -0.4 is 15.1 Å². The number of hydrogen-bond donors (Lipinski definition) is 1. The molecule has 0 unspecified atom stereocenters. The third-order valence-corrected chi connectivity index (χ3v) is 8.33. The van der Waals surface area contributed by atoms with Gasteiger partial charge in [-0.25, -0.2) is 4.98 Å². The monoisotopic (exact) mass is 556 g/mol. The molecule has 0 saturated carbocycles. The fourth-order valence-electron chi connectivity index (χ4n) is 5.14. The first-order valence-electron chi connectivity index (χ1n) is 13.6. The largest absolute Gasteiger partial charge is 0.378 e. The molecule has 0 spiro atoms. The molecule has 6 rings (SSSR count). The number of anilines is 4. The number of ether oxygens (including phenoxy) is 1. The SMILES string of the molecule is CC(=O)c1ccc(CC(=O)N2CCN(c3nc(Nc4ccc(N5CCOCC5)cc4)nc4ccsc34)CC2)cc1. The number of aromatic nitrogens is 2. The van der Waals surface area contributed by atoms with Gasteiger partial charge in [-0.3, -0.25) is 9.59 Å². The summed E-state index contributed by atoms with van der Waals surface area (Å²) in [5, 5.41) is 5.43. The van der Waals surface area contributed by atoms with Crippen LogP contribution in [0.25, 0.3) is 10.2 Å². The molecule has 10 heteroatoms. The van der Waals surface area contributed by atoms with Crippen LogP contribution in [0, 0.1) is 0 Å². The Morgan fingerprint density at radius 1 is 0.875 bits per heavy atom. The number of hydrogen-bond acceptors (Lipinski definition) is 9. The Hall–Kier alpha value is -4.02. The number of rotatable bonds is 7. The standard InChI is InChI=1S/C30H32N6O3S/c1-21(37)23-4-2-22(3-5-23)20-27(38)35-11-13-36(14-12-35)29-28-26(10-19-40-28)32-30(33-29)31-24-6-8-25(9-7-24)34-15-17-39-18-16-34/h2-10,19H,11-18,20H2,1H3,(H,31,32,33). The Labute approximate surface area is 237 Å². The van der Waals surface area contributed by atoms with Crippen molar-refractivity contribution >= 4 is 56.4 Å². The number of thiophene rings is 1. The molecular weight excluding hydrogens is 524 g/mol. The average molecular weight is 557 g/mol. The van der Waals surface area contributed by atoms with Crippen LogP contribution in [0.15, 0.2) is 60.0 Å². The van der Waals surface area contributed by atoms with Crippen LogP contribution in [0.3, 0.4) is 0 Å². The van der Waals surface area contributed by atoms with Gasteiger partial charge in [-0.2, -0.15) is 4.98 Å². The second kappa shape index (κ2) is 11.6. The molecule has 40 heavy (non-hydrogen) atoms. The average Bonchev–Trinajstić information content (AvgIpc) is 3.47. The molecule has 1 N–H and O–H groups in total. The molecule has 4 heterocycles. The third-order valence-electron chi connectivity index (χ3n) is 7.43. The summed E-state index contributed by atoms with van der Waals surface area (Å²) >= 11 is 1.64. The molecule has 2 aromatic heterocycles. The number of nitrogens with zero attached hydrogens (tertiary/aromatic N) is 5. The fraction of sp³-hybridized carbons (Fsp3) is 0.333. The van der Waals surface area contributed by atoms with Crippen LogP contribution in [0.1, 0.15) is 22.8 Å². The van der Waals surface area contributed by atoms with Gasteiger partial charge in [-0.05, 0) is 48.2 Å². The minimum absolute atomic E-state index is 0.0265. The first kappa shape index (κ1) is 26.2.